The van der Waals surface area contributed by atoms with Crippen LogP contribution in [0.15, 0.2) is 47.4 Å². The number of nitrogens with zero attached hydrogens (tertiary/aromatic N) is 2. The number of para-hydroxylation sites is 1. The molecule has 0 aliphatic carbocycles. The summed E-state index contributed by atoms with van der Waals surface area (Å²) in [4.78, 5) is 38.5. The molecule has 0 spiro atoms. The number of rotatable bonds is 7. The molecule has 1 heterocycles. The Hall–Kier alpha value is -3.09. The number of anilines is 1. The van der Waals surface area contributed by atoms with Crippen LogP contribution in [0.4, 0.5) is 5.69 Å². The first-order valence-corrected chi connectivity index (χ1v) is 8.43. The third kappa shape index (κ3) is 4.72. The maximum absolute atomic E-state index is 12.5. The maximum Gasteiger partial charge on any atom is 0.274 e. The standard InChI is InChI=1S/C19H23N3O4/c1-4-22(5-2)18(24)14-11-16(19(25)21(3)12-14)20-17(23)13-26-15-9-7-6-8-10-15/h6-12H,4-5,13H2,1-3H3,(H,20,23). The molecule has 2 amide bonds. The summed E-state index contributed by atoms with van der Waals surface area (Å²) in [7, 11) is 1.54. The molecule has 0 aliphatic heterocycles. The molecule has 0 fully saturated rings. The number of carbonyl (C=O) groups excluding carboxylic acids is 2. The highest BCUT2D eigenvalue weighted by Crippen LogP contribution is 2.10. The zero-order valence-electron chi connectivity index (χ0n) is 15.2. The van der Waals surface area contributed by atoms with Crippen molar-refractivity contribution in [1.29, 1.82) is 0 Å². The van der Waals surface area contributed by atoms with Crippen LogP contribution in [0.25, 0.3) is 0 Å². The van der Waals surface area contributed by atoms with Gasteiger partial charge in [0, 0.05) is 26.3 Å². The van der Waals surface area contributed by atoms with E-state index in [2.05, 4.69) is 5.32 Å². The van der Waals surface area contributed by atoms with E-state index in [1.54, 1.807) is 29.2 Å². The number of hydrogen-bond acceptors (Lipinski definition) is 4. The lowest BCUT2D eigenvalue weighted by Crippen LogP contribution is -2.33. The molecule has 26 heavy (non-hydrogen) atoms. The van der Waals surface area contributed by atoms with Crippen LogP contribution in [-0.2, 0) is 11.8 Å². The Morgan fingerprint density at radius 2 is 1.81 bits per heavy atom. The van der Waals surface area contributed by atoms with Crippen molar-refractivity contribution in [2.24, 2.45) is 7.05 Å². The average Bonchev–Trinajstić information content (AvgIpc) is 2.65. The third-order valence-corrected chi connectivity index (χ3v) is 3.87. The Labute approximate surface area is 152 Å². The minimum absolute atomic E-state index is 0.0483. The molecule has 0 saturated carbocycles. The monoisotopic (exact) mass is 357 g/mol. The van der Waals surface area contributed by atoms with Crippen LogP contribution in [0.1, 0.15) is 24.2 Å². The number of aryl methyl sites for hydroxylation is 1. The third-order valence-electron chi connectivity index (χ3n) is 3.87. The van der Waals surface area contributed by atoms with Crippen LogP contribution in [-0.4, -0.2) is 41.0 Å². The Balaban J connectivity index is 2.14. The van der Waals surface area contributed by atoms with Crippen molar-refractivity contribution >= 4 is 17.5 Å². The van der Waals surface area contributed by atoms with Gasteiger partial charge in [-0.3, -0.25) is 14.4 Å². The molecule has 0 unspecified atom stereocenters. The van der Waals surface area contributed by atoms with Gasteiger partial charge in [-0.15, -0.1) is 0 Å². The molecule has 1 aromatic carbocycles. The van der Waals surface area contributed by atoms with Crippen molar-refractivity contribution in [3.63, 3.8) is 0 Å². The van der Waals surface area contributed by atoms with Gasteiger partial charge < -0.3 is 19.5 Å². The van der Waals surface area contributed by atoms with Gasteiger partial charge in [0.2, 0.25) is 0 Å². The van der Waals surface area contributed by atoms with Crippen LogP contribution in [0, 0.1) is 0 Å². The van der Waals surface area contributed by atoms with Crippen molar-refractivity contribution in [1.82, 2.24) is 9.47 Å². The first-order valence-electron chi connectivity index (χ1n) is 8.43. The summed E-state index contributed by atoms with van der Waals surface area (Å²) in [6.07, 6.45) is 1.47. The molecule has 7 heteroatoms. The Morgan fingerprint density at radius 1 is 1.15 bits per heavy atom. The molecule has 0 bridgehead atoms. The highest BCUT2D eigenvalue weighted by molar-refractivity contribution is 5.97. The minimum atomic E-state index is -0.474. The van der Waals surface area contributed by atoms with E-state index in [0.717, 1.165) is 0 Å². The fourth-order valence-corrected chi connectivity index (χ4v) is 2.46. The molecule has 2 rings (SSSR count). The molecule has 1 N–H and O–H groups in total. The molecule has 0 radical (unpaired) electrons. The molecular weight excluding hydrogens is 334 g/mol. The lowest BCUT2D eigenvalue weighted by Gasteiger charge is -2.19. The second-order valence-corrected chi connectivity index (χ2v) is 5.69. The number of aromatic nitrogens is 1. The van der Waals surface area contributed by atoms with Gasteiger partial charge in [0.25, 0.3) is 17.4 Å². The van der Waals surface area contributed by atoms with Crippen LogP contribution in [0.2, 0.25) is 0 Å². The minimum Gasteiger partial charge on any atom is -0.484 e. The van der Waals surface area contributed by atoms with Crippen molar-refractivity contribution in [3.05, 3.63) is 58.5 Å². The van der Waals surface area contributed by atoms with Gasteiger partial charge in [-0.05, 0) is 32.0 Å². The second-order valence-electron chi connectivity index (χ2n) is 5.69. The Bertz CT molecular complexity index is 826. The fourth-order valence-electron chi connectivity index (χ4n) is 2.46. The van der Waals surface area contributed by atoms with Crippen molar-refractivity contribution < 1.29 is 14.3 Å². The van der Waals surface area contributed by atoms with E-state index in [1.807, 2.05) is 19.9 Å². The number of pyridine rings is 1. The zero-order valence-corrected chi connectivity index (χ0v) is 15.2. The van der Waals surface area contributed by atoms with E-state index in [1.165, 1.54) is 23.9 Å². The predicted octanol–water partition coefficient (Wildman–Crippen LogP) is 1.88. The molecule has 7 nitrogen and oxygen atoms in total. The smallest absolute Gasteiger partial charge is 0.274 e. The summed E-state index contributed by atoms with van der Waals surface area (Å²) in [5.74, 6) is -0.110. The van der Waals surface area contributed by atoms with Crippen LogP contribution >= 0.6 is 0 Å². The van der Waals surface area contributed by atoms with E-state index >= 15 is 0 Å². The van der Waals surface area contributed by atoms with Crippen molar-refractivity contribution in [2.75, 3.05) is 25.0 Å². The van der Waals surface area contributed by atoms with Crippen LogP contribution < -0.4 is 15.6 Å². The van der Waals surface area contributed by atoms with Crippen LogP contribution in [0.5, 0.6) is 5.75 Å². The average molecular weight is 357 g/mol. The van der Waals surface area contributed by atoms with Gasteiger partial charge >= 0.3 is 0 Å². The number of benzene rings is 1. The number of nitrogens with one attached hydrogen (secondary N) is 1. The van der Waals surface area contributed by atoms with Crippen molar-refractivity contribution in [3.8, 4) is 5.75 Å². The molecule has 0 saturated heterocycles. The molecule has 0 aliphatic rings. The normalized spacial score (nSPS) is 10.3. The SMILES string of the molecule is CCN(CC)C(=O)c1cc(NC(=O)COc2ccccc2)c(=O)n(C)c1. The number of amides is 2. The van der Waals surface area contributed by atoms with E-state index < -0.39 is 11.5 Å². The topological polar surface area (TPSA) is 80.6 Å². The summed E-state index contributed by atoms with van der Waals surface area (Å²) in [5, 5.41) is 2.52. The summed E-state index contributed by atoms with van der Waals surface area (Å²) in [5.41, 5.74) is -0.00333. The first-order chi connectivity index (χ1) is 12.5. The van der Waals surface area contributed by atoms with Gasteiger partial charge in [-0.25, -0.2) is 0 Å². The van der Waals surface area contributed by atoms with E-state index in [4.69, 9.17) is 4.74 Å². The molecule has 2 aromatic rings. The van der Waals surface area contributed by atoms with Crippen LogP contribution in [0.3, 0.4) is 0 Å². The molecular formula is C19H23N3O4. The van der Waals surface area contributed by atoms with Gasteiger partial charge in [0.1, 0.15) is 11.4 Å². The first kappa shape index (κ1) is 19.2. The molecule has 1 aromatic heterocycles. The number of carbonyl (C=O) groups is 2. The number of ether oxygens (including phenoxy) is 1. The zero-order chi connectivity index (χ0) is 19.1. The van der Waals surface area contributed by atoms with Gasteiger partial charge in [0.15, 0.2) is 6.61 Å². The predicted molar refractivity (Wildman–Crippen MR) is 99.5 cm³/mol. The second kappa shape index (κ2) is 8.84. The van der Waals surface area contributed by atoms with Gasteiger partial charge in [-0.1, -0.05) is 18.2 Å². The number of hydrogen-bond donors (Lipinski definition) is 1. The van der Waals surface area contributed by atoms with E-state index in [9.17, 15) is 14.4 Å². The quantitative estimate of drug-likeness (QED) is 0.820. The summed E-state index contributed by atoms with van der Waals surface area (Å²) >= 11 is 0. The van der Waals surface area contributed by atoms with E-state index in [-0.39, 0.29) is 18.2 Å². The molecule has 0 atom stereocenters. The summed E-state index contributed by atoms with van der Waals surface area (Å²) in [6.45, 7) is 4.65. The van der Waals surface area contributed by atoms with Crippen molar-refractivity contribution in [2.45, 2.75) is 13.8 Å². The highest BCUT2D eigenvalue weighted by Gasteiger charge is 2.16. The lowest BCUT2D eigenvalue weighted by molar-refractivity contribution is -0.118. The highest BCUT2D eigenvalue weighted by atomic mass is 16.5. The lowest BCUT2D eigenvalue weighted by atomic mass is 10.2. The molecule has 138 valence electrons. The Kier molecular flexibility index (Phi) is 6.54. The van der Waals surface area contributed by atoms with Gasteiger partial charge in [0.05, 0.1) is 5.56 Å². The largest absolute Gasteiger partial charge is 0.484 e. The summed E-state index contributed by atoms with van der Waals surface area (Å²) < 4.78 is 6.65. The van der Waals surface area contributed by atoms with Gasteiger partial charge in [-0.2, -0.15) is 0 Å². The van der Waals surface area contributed by atoms with E-state index in [0.29, 0.717) is 24.4 Å². The fraction of sp³-hybridized carbons (Fsp3) is 0.316. The maximum atomic E-state index is 12.5. The summed E-state index contributed by atoms with van der Waals surface area (Å²) in [6, 6.07) is 10.3. The Morgan fingerprint density at radius 3 is 2.42 bits per heavy atom.